The molecule has 1 atom stereocenters. The molecule has 1 aromatic heterocycles. The zero-order valence-corrected chi connectivity index (χ0v) is 17.0. The first-order valence-corrected chi connectivity index (χ1v) is 10.5. The highest BCUT2D eigenvalue weighted by molar-refractivity contribution is 5.82. The van der Waals surface area contributed by atoms with Gasteiger partial charge < -0.3 is 4.98 Å². The summed E-state index contributed by atoms with van der Waals surface area (Å²) in [6.45, 7) is 3.84. The Morgan fingerprint density at radius 1 is 1.10 bits per heavy atom. The Labute approximate surface area is 174 Å². The number of para-hydroxylation sites is 1. The third-order valence-corrected chi connectivity index (χ3v) is 6.27. The molecule has 5 rings (SSSR count). The van der Waals surface area contributed by atoms with E-state index in [0.717, 1.165) is 54.6 Å². The van der Waals surface area contributed by atoms with Gasteiger partial charge in [-0.15, -0.1) is 0 Å². The maximum Gasteiger partial charge on any atom is 0.259 e. The van der Waals surface area contributed by atoms with E-state index in [1.807, 2.05) is 37.3 Å². The van der Waals surface area contributed by atoms with Gasteiger partial charge in [0, 0.05) is 19.1 Å². The van der Waals surface area contributed by atoms with Crippen LogP contribution < -0.4 is 5.56 Å². The molecule has 4 nitrogen and oxygen atoms in total. The summed E-state index contributed by atoms with van der Waals surface area (Å²) in [7, 11) is 0. The lowest BCUT2D eigenvalue weighted by atomic mass is 9.98. The minimum atomic E-state index is -0.198. The number of aryl methyl sites for hydroxylation is 1. The van der Waals surface area contributed by atoms with Crippen LogP contribution in [0.1, 0.15) is 36.2 Å². The lowest BCUT2D eigenvalue weighted by Gasteiger charge is -2.30. The minimum absolute atomic E-state index is 0.0760. The molecule has 3 aromatic rings. The summed E-state index contributed by atoms with van der Waals surface area (Å²) in [6, 6.07) is 12.8. The second kappa shape index (κ2) is 7.65. The number of fused-ring (bicyclic) bond motifs is 1. The molecule has 1 aliphatic carbocycles. The van der Waals surface area contributed by atoms with Crippen LogP contribution in [0.3, 0.4) is 0 Å². The zero-order valence-electron chi connectivity index (χ0n) is 17.0. The van der Waals surface area contributed by atoms with Gasteiger partial charge in [-0.2, -0.15) is 0 Å². The molecule has 0 amide bonds. The second-order valence-electron chi connectivity index (χ2n) is 8.16. The Balaban J connectivity index is 1.36. The van der Waals surface area contributed by atoms with Crippen LogP contribution >= 0.6 is 0 Å². The fourth-order valence-electron chi connectivity index (χ4n) is 4.56. The minimum Gasteiger partial charge on any atom is -0.306 e. The third kappa shape index (κ3) is 3.50. The van der Waals surface area contributed by atoms with E-state index in [1.165, 1.54) is 17.7 Å². The Morgan fingerprint density at radius 2 is 1.93 bits per heavy atom. The molecular formula is C25H24FN3O. The van der Waals surface area contributed by atoms with Crippen LogP contribution in [-0.2, 0) is 0 Å². The first kappa shape index (κ1) is 18.9. The molecule has 0 bridgehead atoms. The molecule has 0 saturated carbocycles. The molecule has 0 radical (unpaired) electrons. The number of benzene rings is 2. The predicted molar refractivity (Wildman–Crippen MR) is 119 cm³/mol. The molecular weight excluding hydrogens is 377 g/mol. The summed E-state index contributed by atoms with van der Waals surface area (Å²) >= 11 is 0. The van der Waals surface area contributed by atoms with Crippen LogP contribution in [0.4, 0.5) is 4.39 Å². The number of rotatable bonds is 3. The first-order chi connectivity index (χ1) is 14.6. The summed E-state index contributed by atoms with van der Waals surface area (Å²) in [5, 5.41) is 0.642. The van der Waals surface area contributed by atoms with Crippen LogP contribution in [0.15, 0.2) is 59.4 Å². The number of aromatic nitrogens is 2. The van der Waals surface area contributed by atoms with Crippen molar-refractivity contribution in [3.05, 3.63) is 87.7 Å². The highest BCUT2D eigenvalue weighted by Crippen LogP contribution is 2.32. The van der Waals surface area contributed by atoms with Gasteiger partial charge in [0.15, 0.2) is 0 Å². The molecule has 1 unspecified atom stereocenters. The molecule has 0 fully saturated rings. The maximum absolute atomic E-state index is 13.2. The number of hydrogen-bond acceptors (Lipinski definition) is 3. The highest BCUT2D eigenvalue weighted by atomic mass is 19.1. The molecule has 2 heterocycles. The van der Waals surface area contributed by atoms with Gasteiger partial charge in [0.25, 0.3) is 5.56 Å². The van der Waals surface area contributed by atoms with Crippen LogP contribution in [-0.4, -0.2) is 34.0 Å². The first-order valence-electron chi connectivity index (χ1n) is 10.5. The van der Waals surface area contributed by atoms with Crippen LogP contribution in [0.2, 0.25) is 0 Å². The van der Waals surface area contributed by atoms with Crippen molar-refractivity contribution in [1.29, 1.82) is 0 Å². The largest absolute Gasteiger partial charge is 0.306 e. The van der Waals surface area contributed by atoms with Gasteiger partial charge in [-0.3, -0.25) is 9.69 Å². The smallest absolute Gasteiger partial charge is 0.259 e. The van der Waals surface area contributed by atoms with Crippen molar-refractivity contribution in [2.24, 2.45) is 0 Å². The Hall–Kier alpha value is -3.05. The van der Waals surface area contributed by atoms with Gasteiger partial charge in [0.2, 0.25) is 0 Å². The number of aromatic amines is 1. The van der Waals surface area contributed by atoms with E-state index in [9.17, 15) is 9.18 Å². The molecule has 5 heteroatoms. The van der Waals surface area contributed by atoms with Crippen LogP contribution in [0.25, 0.3) is 22.0 Å². The van der Waals surface area contributed by atoms with Crippen LogP contribution in [0.5, 0.6) is 0 Å². The maximum atomic E-state index is 13.2. The number of nitrogens with one attached hydrogen (secondary N) is 1. The summed E-state index contributed by atoms with van der Waals surface area (Å²) in [5.74, 6) is 0.500. The van der Waals surface area contributed by atoms with Crippen molar-refractivity contribution in [3.63, 3.8) is 0 Å². The van der Waals surface area contributed by atoms with Gasteiger partial charge in [0.05, 0.1) is 10.9 Å². The van der Waals surface area contributed by atoms with Crippen molar-refractivity contribution in [2.75, 3.05) is 13.1 Å². The van der Waals surface area contributed by atoms with Gasteiger partial charge >= 0.3 is 0 Å². The Bertz CT molecular complexity index is 1220. The molecule has 0 saturated heterocycles. The van der Waals surface area contributed by atoms with Gasteiger partial charge in [-0.05, 0) is 66.7 Å². The van der Waals surface area contributed by atoms with E-state index in [-0.39, 0.29) is 11.4 Å². The average Bonchev–Trinajstić information content (AvgIpc) is 3.25. The summed E-state index contributed by atoms with van der Waals surface area (Å²) in [6.07, 6.45) is 7.41. The van der Waals surface area contributed by atoms with Crippen molar-refractivity contribution >= 4 is 22.0 Å². The van der Waals surface area contributed by atoms with Gasteiger partial charge in [-0.1, -0.05) is 36.4 Å². The van der Waals surface area contributed by atoms with Crippen LogP contribution in [0, 0.1) is 12.7 Å². The number of hydrogen-bond donors (Lipinski definition) is 1. The quantitative estimate of drug-likeness (QED) is 0.692. The molecule has 152 valence electrons. The lowest BCUT2D eigenvalue weighted by Crippen LogP contribution is -2.36. The van der Waals surface area contributed by atoms with E-state index in [0.29, 0.717) is 17.3 Å². The number of halogens is 1. The number of H-pyrrole nitrogens is 1. The summed E-state index contributed by atoms with van der Waals surface area (Å²) in [5.41, 5.74) is 5.23. The monoisotopic (exact) mass is 401 g/mol. The topological polar surface area (TPSA) is 49.0 Å². The van der Waals surface area contributed by atoms with E-state index in [1.54, 1.807) is 0 Å². The van der Waals surface area contributed by atoms with E-state index in [4.69, 9.17) is 4.98 Å². The second-order valence-corrected chi connectivity index (χ2v) is 8.16. The van der Waals surface area contributed by atoms with Crippen molar-refractivity contribution < 1.29 is 4.39 Å². The highest BCUT2D eigenvalue weighted by Gasteiger charge is 2.26. The molecule has 1 aliphatic heterocycles. The molecule has 2 aromatic carbocycles. The number of nitrogens with zero attached hydrogens (tertiary/aromatic N) is 2. The Kier molecular flexibility index (Phi) is 4.83. The molecule has 30 heavy (non-hydrogen) atoms. The summed E-state index contributed by atoms with van der Waals surface area (Å²) < 4.78 is 13.2. The molecule has 2 aliphatic rings. The standard InChI is InChI=1S/C25H24FN3O/c1-16-3-2-4-22-23(16)27-24(28-25(22)30)19-7-10-21(15-19)29-13-11-18(12-14-29)17-5-8-20(26)9-6-17/h2-6,8-9,11,15,21H,7,10,12-14H2,1H3,(H,27,28,30). The predicted octanol–water partition coefficient (Wildman–Crippen LogP) is 4.71. The Morgan fingerprint density at radius 3 is 2.70 bits per heavy atom. The fourth-order valence-corrected chi connectivity index (χ4v) is 4.56. The van der Waals surface area contributed by atoms with E-state index in [2.05, 4.69) is 22.0 Å². The zero-order chi connectivity index (χ0) is 20.7. The normalized spacial score (nSPS) is 19.7. The van der Waals surface area contributed by atoms with Gasteiger partial charge in [-0.25, -0.2) is 9.37 Å². The summed E-state index contributed by atoms with van der Waals surface area (Å²) in [4.78, 5) is 22.7. The average molecular weight is 401 g/mol. The SMILES string of the molecule is Cc1cccc2c(=O)[nH]c(C3=CC(N4CC=C(c5ccc(F)cc5)CC4)CC3)nc12. The van der Waals surface area contributed by atoms with Gasteiger partial charge in [0.1, 0.15) is 11.6 Å². The van der Waals surface area contributed by atoms with Crippen molar-refractivity contribution in [2.45, 2.75) is 32.2 Å². The number of allylic oxidation sites excluding steroid dienone is 1. The van der Waals surface area contributed by atoms with Crippen molar-refractivity contribution in [3.8, 4) is 0 Å². The third-order valence-electron chi connectivity index (χ3n) is 6.27. The molecule has 1 N–H and O–H groups in total. The van der Waals surface area contributed by atoms with Crippen molar-refractivity contribution in [1.82, 2.24) is 14.9 Å². The van der Waals surface area contributed by atoms with E-state index < -0.39 is 0 Å². The molecule has 0 spiro atoms. The lowest BCUT2D eigenvalue weighted by molar-refractivity contribution is 0.250. The fraction of sp³-hybridized carbons (Fsp3) is 0.280. The van der Waals surface area contributed by atoms with E-state index >= 15 is 0 Å².